The zero-order valence-corrected chi connectivity index (χ0v) is 29.0. The molecule has 1 saturated heterocycles. The highest BCUT2D eigenvalue weighted by Crippen LogP contribution is 2.60. The number of rotatable bonds is 8. The Hall–Kier alpha value is -4.03. The first kappa shape index (κ1) is 51.0. The predicted molar refractivity (Wildman–Crippen MR) is 154 cm³/mol. The Bertz CT molecular complexity index is 1730. The largest absolute Gasteiger partial charge is 0.457 e. The number of ether oxygens (including phenoxy) is 2. The summed E-state index contributed by atoms with van der Waals surface area (Å²) < 4.78 is 287. The molecule has 326 valence electrons. The number of alkyl halides is 22. The van der Waals surface area contributed by atoms with Crippen molar-refractivity contribution in [1.82, 2.24) is 4.90 Å². The summed E-state index contributed by atoms with van der Waals surface area (Å²) in [5.74, 6) is -16.8. The van der Waals surface area contributed by atoms with Gasteiger partial charge in [0.25, 0.3) is 0 Å². The first-order valence-electron chi connectivity index (χ1n) is 13.8. The number of nitrogen functional groups attached to an aromatic ring is 2. The summed E-state index contributed by atoms with van der Waals surface area (Å²) in [5.41, 5.74) is -8.58. The lowest BCUT2D eigenvalue weighted by Gasteiger charge is -2.36. The Morgan fingerprint density at radius 2 is 0.930 bits per heavy atom. The summed E-state index contributed by atoms with van der Waals surface area (Å²) in [4.78, 5) is 22.1. The van der Waals surface area contributed by atoms with Gasteiger partial charge in [-0.1, -0.05) is 6.07 Å². The standard InChI is InChI=1S/C11H5F11INO.C11H6F11NO.C5H7NO2/c12-7(13)25-5-2-3(1-4(23)6(5)24)8(14,10(17,18)19)9(15,16)11(20,21)22;12-7(13)24-6-3-4(1-2-5(6)23)8(14,10(17,18)19)9(15,16)11(20,21)22;1-6-4(7)2-3-5(6)8/h1-2,7H,24H2;1-3,7H,23H2;2-3H2,1H3. The van der Waals surface area contributed by atoms with E-state index < -0.39 is 105 Å². The van der Waals surface area contributed by atoms with E-state index in [4.69, 9.17) is 11.5 Å². The van der Waals surface area contributed by atoms with E-state index in [9.17, 15) is 106 Å². The number of carbonyl (C=O) groups is 2. The number of carbonyl (C=O) groups excluding carboxylic acids is 2. The predicted octanol–water partition coefficient (Wildman–Crippen LogP) is 9.96. The molecule has 0 radical (unpaired) electrons. The summed E-state index contributed by atoms with van der Waals surface area (Å²) >= 11 is 1.03. The van der Waals surface area contributed by atoms with Crippen molar-refractivity contribution in [1.29, 1.82) is 0 Å². The van der Waals surface area contributed by atoms with Crippen molar-refractivity contribution in [2.75, 3.05) is 18.5 Å². The van der Waals surface area contributed by atoms with Crippen molar-refractivity contribution < 1.29 is 116 Å². The summed E-state index contributed by atoms with van der Waals surface area (Å²) in [5, 5.41) is 0. The molecule has 0 spiro atoms. The quantitative estimate of drug-likeness (QED) is 0.118. The third kappa shape index (κ3) is 10.4. The van der Waals surface area contributed by atoms with Crippen LogP contribution in [0.4, 0.5) is 108 Å². The molecule has 2 aromatic carbocycles. The lowest BCUT2D eigenvalue weighted by atomic mass is 9.87. The molecule has 1 aliphatic rings. The number of likely N-dealkylation sites (tertiary alicyclic amines) is 1. The highest BCUT2D eigenvalue weighted by atomic mass is 127. The topological polar surface area (TPSA) is 108 Å². The molecule has 30 heteroatoms. The molecule has 0 saturated carbocycles. The molecule has 7 nitrogen and oxygen atoms in total. The Morgan fingerprint density at radius 1 is 0.579 bits per heavy atom. The van der Waals surface area contributed by atoms with Gasteiger partial charge in [-0.25, -0.2) is 8.78 Å². The highest BCUT2D eigenvalue weighted by Gasteiger charge is 2.83. The third-order valence-corrected chi connectivity index (χ3v) is 7.88. The fraction of sp³-hybridized carbons (Fsp3) is 0.481. The van der Waals surface area contributed by atoms with Gasteiger partial charge in [-0.05, 0) is 46.9 Å². The van der Waals surface area contributed by atoms with Gasteiger partial charge in [0.05, 0.1) is 11.4 Å². The zero-order chi connectivity index (χ0) is 45.3. The van der Waals surface area contributed by atoms with Crippen LogP contribution in [0.15, 0.2) is 30.3 Å². The number of nitrogens with two attached hydrogens (primary N) is 2. The molecule has 0 aromatic heterocycles. The number of benzene rings is 2. The smallest absolute Gasteiger partial charge is 0.433 e. The summed E-state index contributed by atoms with van der Waals surface area (Å²) in [6.45, 7) is -7.41. The van der Waals surface area contributed by atoms with Crippen molar-refractivity contribution in [3.05, 3.63) is 45.0 Å². The Kier molecular flexibility index (Phi) is 15.3. The Morgan fingerprint density at radius 3 is 1.25 bits per heavy atom. The van der Waals surface area contributed by atoms with E-state index in [1.54, 1.807) is 0 Å². The van der Waals surface area contributed by atoms with Crippen LogP contribution in [0, 0.1) is 3.57 Å². The minimum absolute atomic E-state index is 0.0602. The first-order valence-corrected chi connectivity index (χ1v) is 14.9. The van der Waals surface area contributed by atoms with Gasteiger partial charge >= 0.3 is 61.1 Å². The SMILES string of the molecule is CN1C(=O)CCC1=O.Nc1c(I)cc(C(F)(C(F)(F)F)C(F)(F)C(F)(F)F)cc1OC(F)F.Nc1ccc(C(F)(C(F)(F)F)C(F)(F)C(F)(F)F)cc1OC(F)F. The second-order valence-corrected chi connectivity index (χ2v) is 11.8. The average molecular weight is 993 g/mol. The number of hydrogen-bond acceptors (Lipinski definition) is 6. The van der Waals surface area contributed by atoms with Gasteiger partial charge in [-0.3, -0.25) is 14.5 Å². The van der Waals surface area contributed by atoms with Crippen LogP contribution in [0.3, 0.4) is 0 Å². The fourth-order valence-electron chi connectivity index (χ4n) is 4.06. The number of imide groups is 1. The van der Waals surface area contributed by atoms with Crippen LogP contribution < -0.4 is 20.9 Å². The molecule has 4 N–H and O–H groups in total. The summed E-state index contributed by atoms with van der Waals surface area (Å²) in [6.07, 6.45) is -26.6. The van der Waals surface area contributed by atoms with Crippen LogP contribution in [0.25, 0.3) is 0 Å². The van der Waals surface area contributed by atoms with Crippen molar-refractivity contribution >= 4 is 45.8 Å². The molecule has 2 atom stereocenters. The lowest BCUT2D eigenvalue weighted by Crippen LogP contribution is -2.59. The van der Waals surface area contributed by atoms with Crippen LogP contribution in [-0.4, -0.2) is 73.5 Å². The number of halogens is 23. The average Bonchev–Trinajstić information content (AvgIpc) is 3.31. The van der Waals surface area contributed by atoms with Gasteiger partial charge in [0.2, 0.25) is 11.8 Å². The molecule has 2 aromatic rings. The third-order valence-electron chi connectivity index (χ3n) is 6.99. The zero-order valence-electron chi connectivity index (χ0n) is 26.9. The maximum Gasteiger partial charge on any atom is 0.457 e. The van der Waals surface area contributed by atoms with E-state index in [-0.39, 0.29) is 36.1 Å². The Labute approximate surface area is 315 Å². The van der Waals surface area contributed by atoms with E-state index >= 15 is 0 Å². The van der Waals surface area contributed by atoms with Crippen LogP contribution in [0.2, 0.25) is 0 Å². The first-order chi connectivity index (χ1) is 25.2. The van der Waals surface area contributed by atoms with Gasteiger partial charge in [0.15, 0.2) is 0 Å². The fourth-order valence-corrected chi connectivity index (χ4v) is 4.66. The van der Waals surface area contributed by atoms with Gasteiger partial charge < -0.3 is 20.9 Å². The molecule has 1 fully saturated rings. The van der Waals surface area contributed by atoms with E-state index in [0.717, 1.165) is 22.6 Å². The van der Waals surface area contributed by atoms with E-state index in [0.29, 0.717) is 12.8 Å². The van der Waals surface area contributed by atoms with Crippen molar-refractivity contribution in [3.63, 3.8) is 0 Å². The van der Waals surface area contributed by atoms with Crippen LogP contribution in [0.1, 0.15) is 24.0 Å². The normalized spacial score (nSPS) is 16.7. The minimum atomic E-state index is -6.94. The molecule has 0 bridgehead atoms. The van der Waals surface area contributed by atoms with E-state index in [1.807, 2.05) is 0 Å². The maximum atomic E-state index is 14.3. The molecule has 1 aliphatic heterocycles. The maximum absolute atomic E-state index is 14.3. The minimum Gasteiger partial charge on any atom is -0.433 e. The second-order valence-electron chi connectivity index (χ2n) is 10.7. The van der Waals surface area contributed by atoms with Gasteiger partial charge in [0.1, 0.15) is 11.5 Å². The molecule has 1 heterocycles. The van der Waals surface area contributed by atoms with Gasteiger partial charge in [-0.2, -0.15) is 87.8 Å². The van der Waals surface area contributed by atoms with E-state index in [2.05, 4.69) is 9.47 Å². The van der Waals surface area contributed by atoms with Crippen molar-refractivity contribution in [2.24, 2.45) is 0 Å². The van der Waals surface area contributed by atoms with Gasteiger partial charge in [0, 0.05) is 34.6 Å². The summed E-state index contributed by atoms with van der Waals surface area (Å²) in [6, 6.07) is -0.757. The number of hydrogen-bond donors (Lipinski definition) is 2. The summed E-state index contributed by atoms with van der Waals surface area (Å²) in [7, 11) is 1.51. The Balaban J connectivity index is 0.000000476. The van der Waals surface area contributed by atoms with Crippen molar-refractivity contribution in [3.8, 4) is 11.5 Å². The molecule has 2 unspecified atom stereocenters. The molecule has 0 aliphatic carbocycles. The monoisotopic (exact) mass is 993 g/mol. The molecular formula is C27H18F22IN3O4. The highest BCUT2D eigenvalue weighted by molar-refractivity contribution is 14.1. The molecule has 3 rings (SSSR count). The molecule has 57 heavy (non-hydrogen) atoms. The van der Waals surface area contributed by atoms with Crippen molar-refractivity contribution in [2.45, 2.75) is 74.0 Å². The van der Waals surface area contributed by atoms with Crippen LogP contribution in [-0.2, 0) is 20.9 Å². The van der Waals surface area contributed by atoms with E-state index in [1.165, 1.54) is 11.9 Å². The number of amides is 2. The van der Waals surface area contributed by atoms with Gasteiger partial charge in [-0.15, -0.1) is 0 Å². The molecule has 2 amide bonds. The van der Waals surface area contributed by atoms with Crippen LogP contribution in [0.5, 0.6) is 11.5 Å². The number of anilines is 2. The second kappa shape index (κ2) is 17.1. The van der Waals surface area contributed by atoms with Crippen LogP contribution >= 0.6 is 22.6 Å². The lowest BCUT2D eigenvalue weighted by molar-refractivity contribution is -0.389. The number of nitrogens with zero attached hydrogens (tertiary/aromatic N) is 1. The molecular weight excluding hydrogens is 975 g/mol.